The molecule has 15 heavy (non-hydrogen) atoms. The summed E-state index contributed by atoms with van der Waals surface area (Å²) in [5, 5.41) is 8.73. The summed E-state index contributed by atoms with van der Waals surface area (Å²) >= 11 is 0. The number of carboxylic acids is 1. The van der Waals surface area contributed by atoms with Gasteiger partial charge in [-0.3, -0.25) is 0 Å². The van der Waals surface area contributed by atoms with Crippen molar-refractivity contribution >= 4 is 5.97 Å². The Morgan fingerprint density at radius 2 is 2.47 bits per heavy atom. The summed E-state index contributed by atoms with van der Waals surface area (Å²) in [7, 11) is 0. The van der Waals surface area contributed by atoms with E-state index in [1.54, 1.807) is 12.1 Å². The lowest BCUT2D eigenvalue weighted by atomic mass is 10.3. The number of hydrogen-bond donors (Lipinski definition) is 1. The molecule has 0 spiro atoms. The van der Waals surface area contributed by atoms with Crippen molar-refractivity contribution in [1.82, 2.24) is 4.98 Å². The first-order valence-corrected chi connectivity index (χ1v) is 4.70. The largest absolute Gasteiger partial charge is 0.477 e. The van der Waals surface area contributed by atoms with Gasteiger partial charge in [0, 0.05) is 12.5 Å². The number of carbonyl (C=O) groups is 1. The summed E-state index contributed by atoms with van der Waals surface area (Å²) in [4.78, 5) is 14.5. The Balaban J connectivity index is 2.07. The van der Waals surface area contributed by atoms with Crippen LogP contribution >= 0.6 is 0 Å². The molecule has 0 amide bonds. The number of ether oxygens (including phenoxy) is 2. The Labute approximate surface area is 86.7 Å². The van der Waals surface area contributed by atoms with Gasteiger partial charge in [-0.05, 0) is 6.07 Å². The molecule has 0 saturated carbocycles. The maximum atomic E-state index is 10.6. The molecule has 1 unspecified atom stereocenters. The molecule has 5 heteroatoms. The molecule has 80 valence electrons. The van der Waals surface area contributed by atoms with E-state index in [4.69, 9.17) is 14.6 Å². The molecule has 1 atom stereocenters. The highest BCUT2D eigenvalue weighted by Gasteiger charge is 2.18. The van der Waals surface area contributed by atoms with E-state index in [1.165, 1.54) is 6.07 Å². The van der Waals surface area contributed by atoms with Gasteiger partial charge in [-0.2, -0.15) is 0 Å². The second kappa shape index (κ2) is 4.27. The van der Waals surface area contributed by atoms with Crippen LogP contribution in [0.1, 0.15) is 16.9 Å². The summed E-state index contributed by atoms with van der Waals surface area (Å²) in [6.07, 6.45) is 0.806. The molecular formula is C10H11NO4. The number of aromatic nitrogens is 1. The van der Waals surface area contributed by atoms with Crippen LogP contribution in [0.25, 0.3) is 0 Å². The average molecular weight is 209 g/mol. The molecule has 1 aromatic heterocycles. The summed E-state index contributed by atoms with van der Waals surface area (Å²) in [6.45, 7) is 1.22. The number of hydrogen-bond acceptors (Lipinski definition) is 4. The topological polar surface area (TPSA) is 68.7 Å². The normalized spacial score (nSPS) is 20.1. The molecule has 0 radical (unpaired) electrons. The summed E-state index contributed by atoms with van der Waals surface area (Å²) in [6, 6.07) is 4.69. The van der Waals surface area contributed by atoms with Crippen molar-refractivity contribution in [3.8, 4) is 5.88 Å². The van der Waals surface area contributed by atoms with Gasteiger partial charge < -0.3 is 14.6 Å². The van der Waals surface area contributed by atoms with Crippen molar-refractivity contribution in [2.75, 3.05) is 13.2 Å². The van der Waals surface area contributed by atoms with Gasteiger partial charge >= 0.3 is 5.97 Å². The van der Waals surface area contributed by atoms with E-state index >= 15 is 0 Å². The Morgan fingerprint density at radius 1 is 1.60 bits per heavy atom. The van der Waals surface area contributed by atoms with E-state index < -0.39 is 5.97 Å². The van der Waals surface area contributed by atoms with E-state index in [0.29, 0.717) is 19.1 Å². The van der Waals surface area contributed by atoms with Gasteiger partial charge in [0.25, 0.3) is 0 Å². The zero-order chi connectivity index (χ0) is 10.7. The SMILES string of the molecule is O=C(O)c1cccc(OC2CCOC2)n1. The molecule has 1 aromatic rings. The molecule has 0 aromatic carbocycles. The fourth-order valence-electron chi connectivity index (χ4n) is 1.38. The monoisotopic (exact) mass is 209 g/mol. The van der Waals surface area contributed by atoms with E-state index in [-0.39, 0.29) is 11.8 Å². The molecule has 1 aliphatic rings. The molecule has 1 aliphatic heterocycles. The summed E-state index contributed by atoms with van der Waals surface area (Å²) < 4.78 is 10.6. The lowest BCUT2D eigenvalue weighted by Crippen LogP contribution is -2.17. The first kappa shape index (κ1) is 9.92. The van der Waals surface area contributed by atoms with Crippen LogP contribution in [0.2, 0.25) is 0 Å². The Hall–Kier alpha value is -1.62. The highest BCUT2D eigenvalue weighted by Crippen LogP contribution is 2.14. The molecular weight excluding hydrogens is 198 g/mol. The lowest BCUT2D eigenvalue weighted by Gasteiger charge is -2.10. The quantitative estimate of drug-likeness (QED) is 0.802. The Bertz CT molecular complexity index is 360. The fourth-order valence-corrected chi connectivity index (χ4v) is 1.38. The van der Waals surface area contributed by atoms with Gasteiger partial charge in [0.1, 0.15) is 6.10 Å². The highest BCUT2D eigenvalue weighted by molar-refractivity contribution is 5.85. The summed E-state index contributed by atoms with van der Waals surface area (Å²) in [5.74, 6) is -0.714. The third-order valence-corrected chi connectivity index (χ3v) is 2.12. The average Bonchev–Trinajstić information content (AvgIpc) is 2.71. The first-order valence-electron chi connectivity index (χ1n) is 4.70. The molecule has 2 heterocycles. The Morgan fingerprint density at radius 3 is 3.13 bits per heavy atom. The summed E-state index contributed by atoms with van der Waals surface area (Å²) in [5.41, 5.74) is -0.00795. The van der Waals surface area contributed by atoms with Crippen LogP contribution < -0.4 is 4.74 Å². The minimum atomic E-state index is -1.05. The number of carboxylic acid groups (broad SMARTS) is 1. The zero-order valence-electron chi connectivity index (χ0n) is 8.05. The van der Waals surface area contributed by atoms with Crippen molar-refractivity contribution in [2.24, 2.45) is 0 Å². The molecule has 2 rings (SSSR count). The number of aromatic carboxylic acids is 1. The second-order valence-corrected chi connectivity index (χ2v) is 3.27. The van der Waals surface area contributed by atoms with Gasteiger partial charge in [0.2, 0.25) is 5.88 Å². The van der Waals surface area contributed by atoms with E-state index in [1.807, 2.05) is 0 Å². The predicted molar refractivity (Wildman–Crippen MR) is 51.0 cm³/mol. The minimum absolute atomic E-state index is 0.00795. The van der Waals surface area contributed by atoms with Gasteiger partial charge in [-0.25, -0.2) is 9.78 Å². The van der Waals surface area contributed by atoms with Crippen LogP contribution in [0, 0.1) is 0 Å². The van der Waals surface area contributed by atoms with Crippen LogP contribution in [0.15, 0.2) is 18.2 Å². The minimum Gasteiger partial charge on any atom is -0.477 e. The first-order chi connectivity index (χ1) is 7.25. The maximum absolute atomic E-state index is 10.6. The molecule has 1 saturated heterocycles. The molecule has 0 aliphatic carbocycles. The maximum Gasteiger partial charge on any atom is 0.354 e. The van der Waals surface area contributed by atoms with Crippen LogP contribution in [-0.2, 0) is 4.74 Å². The van der Waals surface area contributed by atoms with Crippen LogP contribution in [-0.4, -0.2) is 35.4 Å². The number of pyridine rings is 1. The van der Waals surface area contributed by atoms with Crippen molar-refractivity contribution in [1.29, 1.82) is 0 Å². The van der Waals surface area contributed by atoms with Crippen molar-refractivity contribution in [3.05, 3.63) is 23.9 Å². The third-order valence-electron chi connectivity index (χ3n) is 2.12. The molecule has 5 nitrogen and oxygen atoms in total. The Kier molecular flexibility index (Phi) is 2.82. The van der Waals surface area contributed by atoms with Crippen LogP contribution in [0.3, 0.4) is 0 Å². The lowest BCUT2D eigenvalue weighted by molar-refractivity contribution is 0.0688. The predicted octanol–water partition coefficient (Wildman–Crippen LogP) is 0.948. The van der Waals surface area contributed by atoms with Crippen molar-refractivity contribution in [3.63, 3.8) is 0 Å². The zero-order valence-corrected chi connectivity index (χ0v) is 8.05. The van der Waals surface area contributed by atoms with Crippen LogP contribution in [0.4, 0.5) is 0 Å². The second-order valence-electron chi connectivity index (χ2n) is 3.27. The van der Waals surface area contributed by atoms with Gasteiger partial charge in [0.15, 0.2) is 5.69 Å². The van der Waals surface area contributed by atoms with Crippen molar-refractivity contribution in [2.45, 2.75) is 12.5 Å². The smallest absolute Gasteiger partial charge is 0.354 e. The fraction of sp³-hybridized carbons (Fsp3) is 0.400. The number of nitrogens with zero attached hydrogens (tertiary/aromatic N) is 1. The highest BCUT2D eigenvalue weighted by atomic mass is 16.5. The van der Waals surface area contributed by atoms with Crippen LogP contribution in [0.5, 0.6) is 5.88 Å². The number of rotatable bonds is 3. The van der Waals surface area contributed by atoms with E-state index in [9.17, 15) is 4.79 Å². The van der Waals surface area contributed by atoms with Gasteiger partial charge in [0.05, 0.1) is 13.2 Å². The third kappa shape index (κ3) is 2.44. The molecule has 1 N–H and O–H groups in total. The molecule has 1 fully saturated rings. The van der Waals surface area contributed by atoms with E-state index in [0.717, 1.165) is 6.42 Å². The molecule has 0 bridgehead atoms. The van der Waals surface area contributed by atoms with Gasteiger partial charge in [-0.1, -0.05) is 6.07 Å². The van der Waals surface area contributed by atoms with Crippen molar-refractivity contribution < 1.29 is 19.4 Å². The van der Waals surface area contributed by atoms with Gasteiger partial charge in [-0.15, -0.1) is 0 Å². The standard InChI is InChI=1S/C10H11NO4/c12-10(13)8-2-1-3-9(11-8)15-7-4-5-14-6-7/h1-3,7H,4-6H2,(H,12,13). The van der Waals surface area contributed by atoms with E-state index in [2.05, 4.69) is 4.98 Å².